The van der Waals surface area contributed by atoms with Gasteiger partial charge in [-0.1, -0.05) is 13.0 Å². The van der Waals surface area contributed by atoms with Gasteiger partial charge in [0.1, 0.15) is 11.3 Å². The largest absolute Gasteiger partial charge is 0.493 e. The Hall–Kier alpha value is -1.71. The van der Waals surface area contributed by atoms with Crippen molar-refractivity contribution in [1.82, 2.24) is 4.90 Å². The van der Waals surface area contributed by atoms with Gasteiger partial charge in [0.15, 0.2) is 0 Å². The fraction of sp³-hybridized carbons (Fsp3) is 0.562. The molecular weight excluding hydrogens is 252 g/mol. The zero-order valence-electron chi connectivity index (χ0n) is 12.4. The minimum Gasteiger partial charge on any atom is -0.493 e. The Bertz CT molecular complexity index is 470. The SMILES string of the molecule is CCCN(CC1CC1)C(=O)c1c(N)cccc1OCC. The highest BCUT2D eigenvalue weighted by Crippen LogP contribution is 2.32. The van der Waals surface area contributed by atoms with Crippen LogP contribution in [0.2, 0.25) is 0 Å². The monoisotopic (exact) mass is 276 g/mol. The number of carbonyl (C=O) groups excluding carboxylic acids is 1. The van der Waals surface area contributed by atoms with E-state index in [0.29, 0.717) is 29.5 Å². The first-order valence-corrected chi connectivity index (χ1v) is 7.47. The summed E-state index contributed by atoms with van der Waals surface area (Å²) in [4.78, 5) is 14.7. The second-order valence-electron chi connectivity index (χ2n) is 5.35. The Morgan fingerprint density at radius 3 is 2.75 bits per heavy atom. The van der Waals surface area contributed by atoms with E-state index in [1.807, 2.05) is 24.0 Å². The number of rotatable bonds is 7. The van der Waals surface area contributed by atoms with Crippen LogP contribution in [0, 0.1) is 5.92 Å². The third kappa shape index (κ3) is 3.44. The molecule has 1 aromatic carbocycles. The standard InChI is InChI=1S/C16H24N2O2/c1-3-10-18(11-12-8-9-12)16(19)15-13(17)6-5-7-14(15)20-4-2/h5-7,12H,3-4,8-11,17H2,1-2H3. The lowest BCUT2D eigenvalue weighted by Gasteiger charge is -2.24. The Morgan fingerprint density at radius 2 is 2.15 bits per heavy atom. The van der Waals surface area contributed by atoms with Crippen LogP contribution in [0.1, 0.15) is 43.5 Å². The average Bonchev–Trinajstić information content (AvgIpc) is 3.22. The number of benzene rings is 1. The molecule has 0 bridgehead atoms. The highest BCUT2D eigenvalue weighted by molar-refractivity contribution is 6.01. The summed E-state index contributed by atoms with van der Waals surface area (Å²) in [5.41, 5.74) is 7.02. The molecule has 1 aromatic rings. The highest BCUT2D eigenvalue weighted by atomic mass is 16.5. The molecule has 1 saturated carbocycles. The van der Waals surface area contributed by atoms with Crippen LogP contribution in [0.3, 0.4) is 0 Å². The molecule has 0 radical (unpaired) electrons. The minimum absolute atomic E-state index is 0.000278. The molecule has 0 atom stereocenters. The number of carbonyl (C=O) groups is 1. The molecule has 0 aliphatic heterocycles. The summed E-state index contributed by atoms with van der Waals surface area (Å²) in [6.07, 6.45) is 3.42. The van der Waals surface area contributed by atoms with Crippen LogP contribution in [0.25, 0.3) is 0 Å². The maximum atomic E-state index is 12.8. The lowest BCUT2D eigenvalue weighted by molar-refractivity contribution is 0.0744. The van der Waals surface area contributed by atoms with Crippen LogP contribution in [-0.4, -0.2) is 30.5 Å². The third-order valence-electron chi connectivity index (χ3n) is 3.53. The van der Waals surface area contributed by atoms with Crippen molar-refractivity contribution in [3.8, 4) is 5.75 Å². The van der Waals surface area contributed by atoms with Crippen LogP contribution in [0.15, 0.2) is 18.2 Å². The summed E-state index contributed by atoms with van der Waals surface area (Å²) in [5.74, 6) is 1.26. The molecule has 1 amide bonds. The molecular formula is C16H24N2O2. The average molecular weight is 276 g/mol. The van der Waals surface area contributed by atoms with Crippen LogP contribution in [0.4, 0.5) is 5.69 Å². The maximum absolute atomic E-state index is 12.8. The van der Waals surface area contributed by atoms with Gasteiger partial charge in [0, 0.05) is 18.8 Å². The van der Waals surface area contributed by atoms with Crippen molar-refractivity contribution in [2.24, 2.45) is 5.92 Å². The normalized spacial score (nSPS) is 14.1. The van der Waals surface area contributed by atoms with Crippen LogP contribution < -0.4 is 10.5 Å². The second kappa shape index (κ2) is 6.64. The fourth-order valence-corrected chi connectivity index (χ4v) is 2.37. The molecule has 0 aromatic heterocycles. The molecule has 110 valence electrons. The van der Waals surface area contributed by atoms with Gasteiger partial charge >= 0.3 is 0 Å². The molecule has 4 nitrogen and oxygen atoms in total. The van der Waals surface area contributed by atoms with E-state index in [0.717, 1.165) is 19.5 Å². The van der Waals surface area contributed by atoms with Gasteiger partial charge in [-0.3, -0.25) is 4.79 Å². The molecule has 0 spiro atoms. The Kier molecular flexibility index (Phi) is 4.88. The van der Waals surface area contributed by atoms with Crippen LogP contribution in [-0.2, 0) is 0 Å². The predicted molar refractivity (Wildman–Crippen MR) is 80.9 cm³/mol. The van der Waals surface area contributed by atoms with Gasteiger partial charge in [0.2, 0.25) is 0 Å². The van der Waals surface area contributed by atoms with Crippen LogP contribution >= 0.6 is 0 Å². The minimum atomic E-state index is 0.000278. The van der Waals surface area contributed by atoms with Crippen molar-refractivity contribution >= 4 is 11.6 Å². The van der Waals surface area contributed by atoms with Gasteiger partial charge in [-0.15, -0.1) is 0 Å². The zero-order valence-corrected chi connectivity index (χ0v) is 12.4. The Balaban J connectivity index is 2.24. The van der Waals surface area contributed by atoms with E-state index < -0.39 is 0 Å². The Morgan fingerprint density at radius 1 is 1.40 bits per heavy atom. The molecule has 2 rings (SSSR count). The van der Waals surface area contributed by atoms with Gasteiger partial charge in [-0.25, -0.2) is 0 Å². The number of nitrogen functional groups attached to an aromatic ring is 1. The van der Waals surface area contributed by atoms with E-state index in [-0.39, 0.29) is 5.91 Å². The van der Waals surface area contributed by atoms with Crippen molar-refractivity contribution in [2.75, 3.05) is 25.4 Å². The van der Waals surface area contributed by atoms with E-state index >= 15 is 0 Å². The molecule has 1 aliphatic rings. The molecule has 1 aliphatic carbocycles. The number of hydrogen-bond donors (Lipinski definition) is 1. The molecule has 20 heavy (non-hydrogen) atoms. The van der Waals surface area contributed by atoms with Gasteiger partial charge < -0.3 is 15.4 Å². The summed E-state index contributed by atoms with van der Waals surface area (Å²) < 4.78 is 5.56. The third-order valence-corrected chi connectivity index (χ3v) is 3.53. The first-order chi connectivity index (χ1) is 9.67. The van der Waals surface area contributed by atoms with Gasteiger partial charge in [-0.05, 0) is 44.2 Å². The summed E-state index contributed by atoms with van der Waals surface area (Å²) in [7, 11) is 0. The smallest absolute Gasteiger partial charge is 0.259 e. The molecule has 1 fully saturated rings. The van der Waals surface area contributed by atoms with E-state index in [2.05, 4.69) is 6.92 Å². The van der Waals surface area contributed by atoms with Gasteiger partial charge in [0.05, 0.1) is 6.61 Å². The Labute approximate surface area is 120 Å². The number of amides is 1. The van der Waals surface area contributed by atoms with Crippen molar-refractivity contribution in [3.05, 3.63) is 23.8 Å². The fourth-order valence-electron chi connectivity index (χ4n) is 2.37. The van der Waals surface area contributed by atoms with Gasteiger partial charge in [0.25, 0.3) is 5.91 Å². The second-order valence-corrected chi connectivity index (χ2v) is 5.35. The first-order valence-electron chi connectivity index (χ1n) is 7.47. The van der Waals surface area contributed by atoms with E-state index in [1.165, 1.54) is 12.8 Å². The number of nitrogens with two attached hydrogens (primary N) is 1. The number of hydrogen-bond acceptors (Lipinski definition) is 3. The summed E-state index contributed by atoms with van der Waals surface area (Å²) in [5, 5.41) is 0. The molecule has 0 unspecified atom stereocenters. The molecule has 0 heterocycles. The first kappa shape index (κ1) is 14.7. The number of ether oxygens (including phenoxy) is 1. The molecule has 4 heteroatoms. The lowest BCUT2D eigenvalue weighted by Crippen LogP contribution is -2.34. The van der Waals surface area contributed by atoms with E-state index in [9.17, 15) is 4.79 Å². The molecule has 2 N–H and O–H groups in total. The highest BCUT2D eigenvalue weighted by Gasteiger charge is 2.28. The quantitative estimate of drug-likeness (QED) is 0.779. The predicted octanol–water partition coefficient (Wildman–Crippen LogP) is 2.93. The topological polar surface area (TPSA) is 55.6 Å². The van der Waals surface area contributed by atoms with Crippen molar-refractivity contribution in [3.63, 3.8) is 0 Å². The zero-order chi connectivity index (χ0) is 14.5. The van der Waals surface area contributed by atoms with Crippen molar-refractivity contribution in [2.45, 2.75) is 33.1 Å². The van der Waals surface area contributed by atoms with Gasteiger partial charge in [-0.2, -0.15) is 0 Å². The summed E-state index contributed by atoms with van der Waals surface area (Å²) >= 11 is 0. The lowest BCUT2D eigenvalue weighted by atomic mass is 10.1. The van der Waals surface area contributed by atoms with Crippen molar-refractivity contribution < 1.29 is 9.53 Å². The maximum Gasteiger partial charge on any atom is 0.259 e. The van der Waals surface area contributed by atoms with Crippen LogP contribution in [0.5, 0.6) is 5.75 Å². The van der Waals surface area contributed by atoms with E-state index in [4.69, 9.17) is 10.5 Å². The van der Waals surface area contributed by atoms with E-state index in [1.54, 1.807) is 6.07 Å². The molecule has 0 saturated heterocycles. The number of nitrogens with zero attached hydrogens (tertiary/aromatic N) is 1. The summed E-state index contributed by atoms with van der Waals surface area (Å²) in [6, 6.07) is 5.40. The summed E-state index contributed by atoms with van der Waals surface area (Å²) in [6.45, 7) is 6.14. The van der Waals surface area contributed by atoms with Crippen molar-refractivity contribution in [1.29, 1.82) is 0 Å². The number of anilines is 1.